The van der Waals surface area contributed by atoms with Crippen molar-refractivity contribution >= 4 is 5.97 Å². The summed E-state index contributed by atoms with van der Waals surface area (Å²) in [7, 11) is 0. The van der Waals surface area contributed by atoms with E-state index in [1.807, 2.05) is 0 Å². The van der Waals surface area contributed by atoms with Gasteiger partial charge in [-0.1, -0.05) is 11.6 Å². The van der Waals surface area contributed by atoms with Gasteiger partial charge in [-0.2, -0.15) is 0 Å². The molecule has 1 aromatic heterocycles. The number of carboxylic acid groups (broad SMARTS) is 1. The monoisotopic (exact) mass is 235 g/mol. The summed E-state index contributed by atoms with van der Waals surface area (Å²) in [6.45, 7) is 0. The number of aromatic nitrogens is 3. The van der Waals surface area contributed by atoms with Crippen LogP contribution in [0.2, 0.25) is 0 Å². The first-order valence-corrected chi connectivity index (χ1v) is 6.32. The van der Waals surface area contributed by atoms with Crippen molar-refractivity contribution in [3.8, 4) is 0 Å². The minimum Gasteiger partial charge on any atom is -0.479 e. The molecule has 2 aliphatic rings. The maximum atomic E-state index is 11.7. The molecule has 5 nitrogen and oxygen atoms in total. The van der Waals surface area contributed by atoms with E-state index < -0.39 is 11.5 Å². The Morgan fingerprint density at radius 1 is 1.35 bits per heavy atom. The van der Waals surface area contributed by atoms with E-state index in [-0.39, 0.29) is 0 Å². The summed E-state index contributed by atoms with van der Waals surface area (Å²) in [5.74, 6) is 0.565. The van der Waals surface area contributed by atoms with Gasteiger partial charge in [0.2, 0.25) is 0 Å². The molecule has 0 aromatic carbocycles. The summed E-state index contributed by atoms with van der Waals surface area (Å²) >= 11 is 0. The average molecular weight is 235 g/mol. The maximum absolute atomic E-state index is 11.7. The van der Waals surface area contributed by atoms with Crippen molar-refractivity contribution in [3.05, 3.63) is 12.4 Å². The van der Waals surface area contributed by atoms with Crippen LogP contribution in [-0.4, -0.2) is 26.1 Å². The molecule has 92 valence electrons. The van der Waals surface area contributed by atoms with Crippen LogP contribution in [-0.2, 0) is 10.3 Å². The Labute approximate surface area is 99.8 Å². The van der Waals surface area contributed by atoms with Crippen molar-refractivity contribution in [1.82, 2.24) is 15.0 Å². The summed E-state index contributed by atoms with van der Waals surface area (Å²) < 4.78 is 1.56. The van der Waals surface area contributed by atoms with Crippen molar-refractivity contribution in [1.29, 1.82) is 0 Å². The van der Waals surface area contributed by atoms with Crippen molar-refractivity contribution in [2.45, 2.75) is 44.1 Å². The second-order valence-electron chi connectivity index (χ2n) is 5.38. The standard InChI is InChI=1S/C12H17N3O2/c16-11(17)12(15-7-6-13-14-15)5-1-2-10(8-12)9-3-4-9/h6-7,9-10H,1-5,8H2,(H,16,17). The number of hydrogen-bond acceptors (Lipinski definition) is 3. The molecule has 2 atom stereocenters. The Morgan fingerprint density at radius 3 is 2.76 bits per heavy atom. The minimum atomic E-state index is -0.845. The van der Waals surface area contributed by atoms with Gasteiger partial charge in [-0.15, -0.1) is 5.10 Å². The van der Waals surface area contributed by atoms with Crippen LogP contribution in [0, 0.1) is 11.8 Å². The van der Waals surface area contributed by atoms with E-state index in [0.717, 1.165) is 18.8 Å². The smallest absolute Gasteiger partial charge is 0.331 e. The molecule has 2 fully saturated rings. The molecule has 1 heterocycles. The number of nitrogens with zero attached hydrogens (tertiary/aromatic N) is 3. The van der Waals surface area contributed by atoms with E-state index in [0.29, 0.717) is 12.3 Å². The molecule has 1 aromatic rings. The third kappa shape index (κ3) is 1.73. The summed E-state index contributed by atoms with van der Waals surface area (Å²) in [5, 5.41) is 17.3. The highest BCUT2D eigenvalue weighted by Crippen LogP contribution is 2.48. The summed E-state index contributed by atoms with van der Waals surface area (Å²) in [6.07, 6.45) is 9.34. The second kappa shape index (κ2) is 3.82. The lowest BCUT2D eigenvalue weighted by Gasteiger charge is -2.37. The number of aliphatic carboxylic acids is 1. The molecule has 0 amide bonds. The van der Waals surface area contributed by atoms with Gasteiger partial charge in [-0.25, -0.2) is 9.48 Å². The zero-order valence-corrected chi connectivity index (χ0v) is 9.75. The zero-order valence-electron chi connectivity index (χ0n) is 9.75. The van der Waals surface area contributed by atoms with Gasteiger partial charge < -0.3 is 5.11 Å². The van der Waals surface area contributed by atoms with E-state index in [1.54, 1.807) is 17.1 Å². The number of hydrogen-bond donors (Lipinski definition) is 1. The van der Waals surface area contributed by atoms with Crippen molar-refractivity contribution in [2.75, 3.05) is 0 Å². The molecule has 2 unspecified atom stereocenters. The molecule has 0 bridgehead atoms. The molecule has 0 radical (unpaired) electrons. The summed E-state index contributed by atoms with van der Waals surface area (Å²) in [4.78, 5) is 11.7. The quantitative estimate of drug-likeness (QED) is 0.865. The lowest BCUT2D eigenvalue weighted by molar-refractivity contribution is -0.151. The molecule has 0 aliphatic heterocycles. The van der Waals surface area contributed by atoms with Gasteiger partial charge in [0.05, 0.1) is 6.20 Å². The van der Waals surface area contributed by atoms with Crippen LogP contribution in [0.5, 0.6) is 0 Å². The number of carboxylic acids is 1. The number of carbonyl (C=O) groups is 1. The zero-order chi connectivity index (χ0) is 11.9. The third-order valence-corrected chi connectivity index (χ3v) is 4.31. The molecule has 5 heteroatoms. The first-order chi connectivity index (χ1) is 8.22. The van der Waals surface area contributed by atoms with Gasteiger partial charge in [0.15, 0.2) is 5.54 Å². The van der Waals surface area contributed by atoms with Crippen LogP contribution in [0.3, 0.4) is 0 Å². The fourth-order valence-electron chi connectivity index (χ4n) is 3.20. The molecule has 2 aliphatic carbocycles. The molecule has 2 saturated carbocycles. The Hall–Kier alpha value is -1.39. The molecule has 0 saturated heterocycles. The SMILES string of the molecule is O=C(O)C1(n2ccnn2)CCCC(C2CC2)C1. The molecular weight excluding hydrogens is 218 g/mol. The normalized spacial score (nSPS) is 33.5. The van der Waals surface area contributed by atoms with Gasteiger partial charge in [0.1, 0.15) is 0 Å². The van der Waals surface area contributed by atoms with Crippen molar-refractivity contribution in [2.24, 2.45) is 11.8 Å². The third-order valence-electron chi connectivity index (χ3n) is 4.31. The Balaban J connectivity index is 1.91. The topological polar surface area (TPSA) is 68.0 Å². The predicted octanol–water partition coefficient (Wildman–Crippen LogP) is 1.66. The van der Waals surface area contributed by atoms with Crippen LogP contribution in [0.1, 0.15) is 38.5 Å². The summed E-state index contributed by atoms with van der Waals surface area (Å²) in [6, 6.07) is 0. The highest BCUT2D eigenvalue weighted by atomic mass is 16.4. The Bertz CT molecular complexity index is 413. The number of rotatable bonds is 3. The van der Waals surface area contributed by atoms with Crippen LogP contribution in [0.15, 0.2) is 12.4 Å². The highest BCUT2D eigenvalue weighted by Gasteiger charge is 2.48. The van der Waals surface area contributed by atoms with E-state index in [9.17, 15) is 9.90 Å². The van der Waals surface area contributed by atoms with Crippen LogP contribution >= 0.6 is 0 Å². The average Bonchev–Trinajstić information content (AvgIpc) is 3.04. The maximum Gasteiger partial charge on any atom is 0.331 e. The molecular formula is C12H17N3O2. The van der Waals surface area contributed by atoms with Gasteiger partial charge in [-0.05, 0) is 43.9 Å². The van der Waals surface area contributed by atoms with Crippen LogP contribution < -0.4 is 0 Å². The first kappa shape index (κ1) is 10.7. The fraction of sp³-hybridized carbons (Fsp3) is 0.750. The van der Waals surface area contributed by atoms with Gasteiger partial charge >= 0.3 is 5.97 Å². The summed E-state index contributed by atoms with van der Waals surface area (Å²) in [5.41, 5.74) is -0.845. The predicted molar refractivity (Wildman–Crippen MR) is 60.3 cm³/mol. The molecule has 1 N–H and O–H groups in total. The molecule has 17 heavy (non-hydrogen) atoms. The van der Waals surface area contributed by atoms with E-state index in [4.69, 9.17) is 0 Å². The van der Waals surface area contributed by atoms with Crippen LogP contribution in [0.4, 0.5) is 0 Å². The first-order valence-electron chi connectivity index (χ1n) is 6.32. The van der Waals surface area contributed by atoms with E-state index in [2.05, 4.69) is 10.3 Å². The Morgan fingerprint density at radius 2 is 2.18 bits per heavy atom. The minimum absolute atomic E-state index is 0.559. The lowest BCUT2D eigenvalue weighted by atomic mass is 9.74. The van der Waals surface area contributed by atoms with Gasteiger partial charge in [-0.3, -0.25) is 0 Å². The molecule has 3 rings (SSSR count). The second-order valence-corrected chi connectivity index (χ2v) is 5.38. The van der Waals surface area contributed by atoms with Crippen molar-refractivity contribution < 1.29 is 9.90 Å². The van der Waals surface area contributed by atoms with Crippen molar-refractivity contribution in [3.63, 3.8) is 0 Å². The van der Waals surface area contributed by atoms with E-state index >= 15 is 0 Å². The Kier molecular flexibility index (Phi) is 2.42. The molecule has 0 spiro atoms. The van der Waals surface area contributed by atoms with E-state index in [1.165, 1.54) is 19.3 Å². The van der Waals surface area contributed by atoms with Gasteiger partial charge in [0, 0.05) is 6.20 Å². The van der Waals surface area contributed by atoms with Crippen LogP contribution in [0.25, 0.3) is 0 Å². The lowest BCUT2D eigenvalue weighted by Crippen LogP contribution is -2.46. The fourth-order valence-corrected chi connectivity index (χ4v) is 3.20. The van der Waals surface area contributed by atoms with Gasteiger partial charge in [0.25, 0.3) is 0 Å². The largest absolute Gasteiger partial charge is 0.479 e. The highest BCUT2D eigenvalue weighted by molar-refractivity contribution is 5.76.